The number of aromatic nitrogens is 1. The molecule has 13 heavy (non-hydrogen) atoms. The van der Waals surface area contributed by atoms with Crippen LogP contribution in [0.3, 0.4) is 0 Å². The van der Waals surface area contributed by atoms with E-state index in [-0.39, 0.29) is 0 Å². The molecular weight excluding hydrogens is 160 g/mol. The van der Waals surface area contributed by atoms with E-state index in [2.05, 4.69) is 9.98 Å². The summed E-state index contributed by atoms with van der Waals surface area (Å²) in [5, 5.41) is 0. The maximum absolute atomic E-state index is 7.91. The summed E-state index contributed by atoms with van der Waals surface area (Å²) < 4.78 is 7.91. The summed E-state index contributed by atoms with van der Waals surface area (Å²) in [5.74, 6) is -0.547. The molecule has 1 unspecified atom stereocenters. The normalized spacial score (nSPS) is 28.1. The first-order valence-corrected chi connectivity index (χ1v) is 4.33. The van der Waals surface area contributed by atoms with Crippen molar-refractivity contribution in [3.63, 3.8) is 0 Å². The average Bonchev–Trinajstić information content (AvgIpc) is 2.18. The zero-order valence-electron chi connectivity index (χ0n) is 8.57. The number of rotatable bonds is 1. The first-order chi connectivity index (χ1) is 6.67. The van der Waals surface area contributed by atoms with Gasteiger partial charge in [0.25, 0.3) is 0 Å². The molecule has 0 aromatic carbocycles. The molecule has 0 amide bonds. The van der Waals surface area contributed by atoms with Crippen LogP contribution in [0.25, 0.3) is 0 Å². The Morgan fingerprint density at radius 1 is 1.54 bits per heavy atom. The summed E-state index contributed by atoms with van der Waals surface area (Å²) in [6.45, 7) is 1.88. The second-order valence-corrected chi connectivity index (χ2v) is 3.13. The van der Waals surface area contributed by atoms with Crippen LogP contribution in [0.1, 0.15) is 20.4 Å². The second-order valence-electron chi connectivity index (χ2n) is 3.13. The number of aliphatic imine (C=N–C) groups is 1. The average molecular weight is 173 g/mol. The summed E-state index contributed by atoms with van der Waals surface area (Å²) in [7, 11) is 0. The largest absolute Gasteiger partial charge is 0.259 e. The minimum absolute atomic E-state index is 0.547. The van der Waals surface area contributed by atoms with E-state index in [1.54, 1.807) is 18.5 Å². The highest BCUT2D eigenvalue weighted by atomic mass is 14.8. The van der Waals surface area contributed by atoms with E-state index in [1.165, 1.54) is 0 Å². The van der Waals surface area contributed by atoms with E-state index in [0.29, 0.717) is 6.42 Å². The van der Waals surface area contributed by atoms with Crippen LogP contribution in [0.15, 0.2) is 41.7 Å². The lowest BCUT2D eigenvalue weighted by Crippen LogP contribution is -2.09. The van der Waals surface area contributed by atoms with Gasteiger partial charge >= 0.3 is 0 Å². The fourth-order valence-corrected chi connectivity index (χ4v) is 1.31. The third-order valence-electron chi connectivity index (χ3n) is 2.00. The van der Waals surface area contributed by atoms with Crippen molar-refractivity contribution in [1.82, 2.24) is 4.98 Å². The highest BCUT2D eigenvalue weighted by Crippen LogP contribution is 2.14. The summed E-state index contributed by atoms with van der Waals surface area (Å²) in [4.78, 5) is 8.47. The van der Waals surface area contributed by atoms with Gasteiger partial charge in [-0.2, -0.15) is 0 Å². The van der Waals surface area contributed by atoms with Gasteiger partial charge in [0.05, 0.1) is 11.4 Å². The van der Waals surface area contributed by atoms with E-state index < -0.39 is 5.89 Å². The van der Waals surface area contributed by atoms with Gasteiger partial charge in [-0.1, -0.05) is 19.1 Å². The van der Waals surface area contributed by atoms with Gasteiger partial charge in [0.15, 0.2) is 0 Å². The Morgan fingerprint density at radius 3 is 3.15 bits per heavy atom. The highest BCUT2D eigenvalue weighted by molar-refractivity contribution is 5.99. The number of nitrogens with zero attached hydrogens (tertiary/aromatic N) is 2. The molecule has 0 spiro atoms. The molecule has 0 aliphatic carbocycles. The van der Waals surface area contributed by atoms with Crippen molar-refractivity contribution in [2.24, 2.45) is 10.9 Å². The molecule has 0 N–H and O–H groups in total. The molecule has 1 atom stereocenters. The van der Waals surface area contributed by atoms with Crippen LogP contribution in [0.2, 0.25) is 0 Å². The lowest BCUT2D eigenvalue weighted by Gasteiger charge is -2.12. The predicted molar refractivity (Wildman–Crippen MR) is 53.7 cm³/mol. The van der Waals surface area contributed by atoms with Gasteiger partial charge < -0.3 is 0 Å². The molecule has 0 saturated heterocycles. The Bertz CT molecular complexity index is 380. The molecular formula is C11H12N2. The van der Waals surface area contributed by atoms with E-state index in [0.717, 1.165) is 11.4 Å². The molecule has 66 valence electrons. The van der Waals surface area contributed by atoms with Crippen LogP contribution in [0.5, 0.6) is 0 Å². The zero-order chi connectivity index (χ0) is 10.0. The molecule has 1 aliphatic rings. The molecule has 0 bridgehead atoms. The molecule has 2 heterocycles. The summed E-state index contributed by atoms with van der Waals surface area (Å²) in [6.07, 6.45) is 5.87. The number of hydrogen-bond acceptors (Lipinski definition) is 2. The number of hydrogen-bond donors (Lipinski definition) is 0. The molecule has 2 nitrogen and oxygen atoms in total. The van der Waals surface area contributed by atoms with Gasteiger partial charge in [-0.25, -0.2) is 0 Å². The Labute approximate surface area is 79.4 Å². The monoisotopic (exact) mass is 173 g/mol. The van der Waals surface area contributed by atoms with Gasteiger partial charge in [-0.05, 0) is 24.4 Å². The third-order valence-corrected chi connectivity index (χ3v) is 2.00. The van der Waals surface area contributed by atoms with Crippen molar-refractivity contribution in [3.05, 3.63) is 42.4 Å². The van der Waals surface area contributed by atoms with Gasteiger partial charge in [0.1, 0.15) is 0 Å². The lowest BCUT2D eigenvalue weighted by molar-refractivity contribution is 0.754. The van der Waals surface area contributed by atoms with Crippen LogP contribution < -0.4 is 0 Å². The summed E-state index contributed by atoms with van der Waals surface area (Å²) in [6, 6.07) is 5.74. The van der Waals surface area contributed by atoms with Crippen LogP contribution in [-0.2, 0) is 0 Å². The molecule has 0 saturated carbocycles. The van der Waals surface area contributed by atoms with Crippen molar-refractivity contribution in [1.29, 1.82) is 0 Å². The minimum Gasteiger partial charge on any atom is -0.259 e. The standard InChI is InChI=1S/C11H12N2/c1-9-5-7-13-11(8-9)10-4-2-3-6-12-10/h2-7,9H,8H2,1H3/i9D. The first-order valence-electron chi connectivity index (χ1n) is 4.83. The molecule has 1 aromatic heterocycles. The first kappa shape index (κ1) is 7.01. The van der Waals surface area contributed by atoms with Crippen molar-refractivity contribution in [2.75, 3.05) is 0 Å². The van der Waals surface area contributed by atoms with Gasteiger partial charge in [0, 0.05) is 13.8 Å². The van der Waals surface area contributed by atoms with Gasteiger partial charge in [-0.15, -0.1) is 0 Å². The van der Waals surface area contributed by atoms with E-state index in [4.69, 9.17) is 1.37 Å². The number of allylic oxidation sites excluding steroid dienone is 1. The maximum Gasteiger partial charge on any atom is 0.0844 e. The summed E-state index contributed by atoms with van der Waals surface area (Å²) in [5.41, 5.74) is 1.76. The minimum atomic E-state index is -0.547. The Kier molecular flexibility index (Phi) is 1.90. The molecule has 2 heteroatoms. The zero-order valence-corrected chi connectivity index (χ0v) is 7.57. The molecule has 1 aromatic rings. The SMILES string of the molecule is [2H]C1(C)C=CN=C(c2ccccn2)C1. The molecule has 2 rings (SSSR count). The second kappa shape index (κ2) is 3.52. The van der Waals surface area contributed by atoms with E-state index in [1.807, 2.05) is 25.1 Å². The molecule has 0 radical (unpaired) electrons. The Balaban J connectivity index is 2.30. The Morgan fingerprint density at radius 2 is 2.46 bits per heavy atom. The van der Waals surface area contributed by atoms with Crippen LogP contribution in [-0.4, -0.2) is 10.7 Å². The predicted octanol–water partition coefficient (Wildman–Crippen LogP) is 2.42. The maximum atomic E-state index is 7.91. The third kappa shape index (κ3) is 1.83. The van der Waals surface area contributed by atoms with E-state index >= 15 is 0 Å². The number of pyridine rings is 1. The smallest absolute Gasteiger partial charge is 0.0844 e. The summed E-state index contributed by atoms with van der Waals surface area (Å²) >= 11 is 0. The molecule has 0 fully saturated rings. The van der Waals surface area contributed by atoms with Crippen LogP contribution in [0, 0.1) is 5.89 Å². The van der Waals surface area contributed by atoms with E-state index in [9.17, 15) is 0 Å². The quantitative estimate of drug-likeness (QED) is 0.640. The van der Waals surface area contributed by atoms with Crippen LogP contribution in [0.4, 0.5) is 0 Å². The van der Waals surface area contributed by atoms with Crippen molar-refractivity contribution >= 4 is 5.71 Å². The van der Waals surface area contributed by atoms with Gasteiger partial charge in [0.2, 0.25) is 0 Å². The lowest BCUT2D eigenvalue weighted by atomic mass is 10.00. The fraction of sp³-hybridized carbons (Fsp3) is 0.273. The van der Waals surface area contributed by atoms with Crippen LogP contribution >= 0.6 is 0 Å². The highest BCUT2D eigenvalue weighted by Gasteiger charge is 2.10. The van der Waals surface area contributed by atoms with Crippen molar-refractivity contribution in [3.8, 4) is 0 Å². The van der Waals surface area contributed by atoms with Crippen molar-refractivity contribution in [2.45, 2.75) is 13.3 Å². The topological polar surface area (TPSA) is 25.2 Å². The van der Waals surface area contributed by atoms with Crippen molar-refractivity contribution < 1.29 is 1.37 Å². The van der Waals surface area contributed by atoms with Gasteiger partial charge in [-0.3, -0.25) is 9.98 Å². The Hall–Kier alpha value is -1.44. The fourth-order valence-electron chi connectivity index (χ4n) is 1.31. The molecule has 1 aliphatic heterocycles.